The first-order valence-electron chi connectivity index (χ1n) is 6.67. The summed E-state index contributed by atoms with van der Waals surface area (Å²) in [5, 5.41) is 9.38. The summed E-state index contributed by atoms with van der Waals surface area (Å²) in [5.41, 5.74) is -0.581. The number of hydrogen-bond acceptors (Lipinski definition) is 3. The fourth-order valence-electron chi connectivity index (χ4n) is 2.72. The van der Waals surface area contributed by atoms with Crippen molar-refractivity contribution in [3.8, 4) is 11.5 Å². The molecular weight excluding hydrogens is 244 g/mol. The minimum absolute atomic E-state index is 0.409. The minimum Gasteiger partial charge on any atom is -0.493 e. The largest absolute Gasteiger partial charge is 0.493 e. The Kier molecular flexibility index (Phi) is 4.30. The lowest BCUT2D eigenvalue weighted by molar-refractivity contribution is -0.149. The number of hydrogen-bond donors (Lipinski definition) is 1. The van der Waals surface area contributed by atoms with Crippen LogP contribution in [0, 0.1) is 5.41 Å². The van der Waals surface area contributed by atoms with E-state index in [2.05, 4.69) is 0 Å². The third-order valence-corrected chi connectivity index (χ3v) is 3.92. The second kappa shape index (κ2) is 5.95. The number of carbonyl (C=O) groups is 1. The maximum Gasteiger partial charge on any atom is 0.309 e. The number of methoxy groups -OCH3 is 1. The zero-order chi connectivity index (χ0) is 13.7. The zero-order valence-electron chi connectivity index (χ0n) is 11.2. The standard InChI is InChI=1S/C15H20O4/c1-18-12-6-2-3-7-13(12)19-11-10-15(14(16)17)8-4-5-9-15/h2-3,6-7H,4-5,8-11H2,1H3,(H,16,17). The lowest BCUT2D eigenvalue weighted by Gasteiger charge is -2.23. The van der Waals surface area contributed by atoms with Crippen molar-refractivity contribution >= 4 is 5.97 Å². The van der Waals surface area contributed by atoms with E-state index >= 15 is 0 Å². The summed E-state index contributed by atoms with van der Waals surface area (Å²) in [6, 6.07) is 7.42. The summed E-state index contributed by atoms with van der Waals surface area (Å²) in [6.45, 7) is 0.409. The van der Waals surface area contributed by atoms with E-state index in [1.54, 1.807) is 7.11 Å². The van der Waals surface area contributed by atoms with Crippen LogP contribution in [0.5, 0.6) is 11.5 Å². The van der Waals surface area contributed by atoms with E-state index in [1.165, 1.54) is 0 Å². The average Bonchev–Trinajstić information content (AvgIpc) is 2.89. The molecule has 2 rings (SSSR count). The molecular formula is C15H20O4. The smallest absolute Gasteiger partial charge is 0.309 e. The van der Waals surface area contributed by atoms with Crippen molar-refractivity contribution in [3.05, 3.63) is 24.3 Å². The van der Waals surface area contributed by atoms with Crippen molar-refractivity contribution in [2.24, 2.45) is 5.41 Å². The predicted octanol–water partition coefficient (Wildman–Crippen LogP) is 3.11. The Morgan fingerprint density at radius 3 is 2.47 bits per heavy atom. The number of aliphatic carboxylic acids is 1. The van der Waals surface area contributed by atoms with Gasteiger partial charge in [-0.2, -0.15) is 0 Å². The lowest BCUT2D eigenvalue weighted by Crippen LogP contribution is -2.29. The number of benzene rings is 1. The molecule has 0 spiro atoms. The molecule has 4 nitrogen and oxygen atoms in total. The highest BCUT2D eigenvalue weighted by Gasteiger charge is 2.40. The molecule has 1 aliphatic rings. The van der Waals surface area contributed by atoms with Gasteiger partial charge in [-0.1, -0.05) is 25.0 Å². The molecule has 0 aromatic heterocycles. The van der Waals surface area contributed by atoms with Gasteiger partial charge in [0.15, 0.2) is 11.5 Å². The van der Waals surface area contributed by atoms with Gasteiger partial charge in [0.25, 0.3) is 0 Å². The molecule has 1 aromatic carbocycles. The molecule has 1 aliphatic carbocycles. The molecule has 0 bridgehead atoms. The zero-order valence-corrected chi connectivity index (χ0v) is 11.2. The van der Waals surface area contributed by atoms with Crippen molar-refractivity contribution < 1.29 is 19.4 Å². The number of para-hydroxylation sites is 2. The molecule has 0 saturated heterocycles. The molecule has 0 aliphatic heterocycles. The summed E-state index contributed by atoms with van der Waals surface area (Å²) in [7, 11) is 1.60. The highest BCUT2D eigenvalue weighted by atomic mass is 16.5. The van der Waals surface area contributed by atoms with Crippen LogP contribution in [0.15, 0.2) is 24.3 Å². The molecule has 4 heteroatoms. The van der Waals surface area contributed by atoms with Crippen LogP contribution in [0.2, 0.25) is 0 Å². The van der Waals surface area contributed by atoms with Gasteiger partial charge in [0.2, 0.25) is 0 Å². The van der Waals surface area contributed by atoms with Crippen LogP contribution < -0.4 is 9.47 Å². The first kappa shape index (κ1) is 13.7. The molecule has 0 atom stereocenters. The number of rotatable bonds is 6. The fourth-order valence-corrected chi connectivity index (χ4v) is 2.72. The molecule has 19 heavy (non-hydrogen) atoms. The Balaban J connectivity index is 1.94. The van der Waals surface area contributed by atoms with E-state index < -0.39 is 11.4 Å². The summed E-state index contributed by atoms with van der Waals surface area (Å²) in [5.74, 6) is 0.662. The van der Waals surface area contributed by atoms with Crippen molar-refractivity contribution in [3.63, 3.8) is 0 Å². The van der Waals surface area contributed by atoms with Crippen LogP contribution in [0.25, 0.3) is 0 Å². The Bertz CT molecular complexity index is 436. The fraction of sp³-hybridized carbons (Fsp3) is 0.533. The number of carboxylic acid groups (broad SMARTS) is 1. The molecule has 0 unspecified atom stereocenters. The normalized spacial score (nSPS) is 17.1. The molecule has 0 heterocycles. The van der Waals surface area contributed by atoms with Crippen molar-refractivity contribution in [2.75, 3.05) is 13.7 Å². The van der Waals surface area contributed by atoms with Gasteiger partial charge in [0.05, 0.1) is 19.1 Å². The average molecular weight is 264 g/mol. The molecule has 0 radical (unpaired) electrons. The first-order valence-corrected chi connectivity index (χ1v) is 6.67. The summed E-state index contributed by atoms with van der Waals surface area (Å²) in [6.07, 6.45) is 4.08. The minimum atomic E-state index is -0.686. The van der Waals surface area contributed by atoms with Gasteiger partial charge in [-0.05, 0) is 31.4 Å². The highest BCUT2D eigenvalue weighted by Crippen LogP contribution is 2.41. The van der Waals surface area contributed by atoms with Crippen LogP contribution in [0.3, 0.4) is 0 Å². The van der Waals surface area contributed by atoms with Crippen molar-refractivity contribution in [1.82, 2.24) is 0 Å². The van der Waals surface area contributed by atoms with E-state index in [-0.39, 0.29) is 0 Å². The van der Waals surface area contributed by atoms with E-state index in [9.17, 15) is 9.90 Å². The maximum atomic E-state index is 11.4. The topological polar surface area (TPSA) is 55.8 Å². The van der Waals surface area contributed by atoms with Crippen molar-refractivity contribution in [1.29, 1.82) is 0 Å². The maximum absolute atomic E-state index is 11.4. The molecule has 1 aromatic rings. The van der Waals surface area contributed by atoms with Gasteiger partial charge >= 0.3 is 5.97 Å². The van der Waals surface area contributed by atoms with Crippen molar-refractivity contribution in [2.45, 2.75) is 32.1 Å². The van der Waals surface area contributed by atoms with E-state index in [1.807, 2.05) is 24.3 Å². The molecule has 1 fully saturated rings. The van der Waals surface area contributed by atoms with Gasteiger partial charge in [0.1, 0.15) is 0 Å². The third-order valence-electron chi connectivity index (χ3n) is 3.92. The van der Waals surface area contributed by atoms with E-state index in [0.717, 1.165) is 25.7 Å². The second-order valence-corrected chi connectivity index (χ2v) is 5.04. The summed E-state index contributed by atoms with van der Waals surface area (Å²) in [4.78, 5) is 11.4. The second-order valence-electron chi connectivity index (χ2n) is 5.04. The third kappa shape index (κ3) is 3.00. The van der Waals surface area contributed by atoms with Gasteiger partial charge in [-0.25, -0.2) is 0 Å². The summed E-state index contributed by atoms with van der Waals surface area (Å²) >= 11 is 0. The Labute approximate surface area is 113 Å². The molecule has 1 saturated carbocycles. The monoisotopic (exact) mass is 264 g/mol. The van der Waals surface area contributed by atoms with Crippen LogP contribution in [-0.2, 0) is 4.79 Å². The van der Waals surface area contributed by atoms with E-state index in [4.69, 9.17) is 9.47 Å². The SMILES string of the molecule is COc1ccccc1OCCC1(C(=O)O)CCCC1. The van der Waals surface area contributed by atoms with Crippen LogP contribution in [0.1, 0.15) is 32.1 Å². The van der Waals surface area contributed by atoms with Gasteiger partial charge in [-0.3, -0.25) is 4.79 Å². The Hall–Kier alpha value is -1.71. The molecule has 104 valence electrons. The van der Waals surface area contributed by atoms with Crippen LogP contribution in [-0.4, -0.2) is 24.8 Å². The van der Waals surface area contributed by atoms with Gasteiger partial charge < -0.3 is 14.6 Å². The quantitative estimate of drug-likeness (QED) is 0.857. The van der Waals surface area contributed by atoms with E-state index in [0.29, 0.717) is 24.5 Å². The molecule has 1 N–H and O–H groups in total. The summed E-state index contributed by atoms with van der Waals surface area (Å²) < 4.78 is 10.9. The Morgan fingerprint density at radius 2 is 1.89 bits per heavy atom. The highest BCUT2D eigenvalue weighted by molar-refractivity contribution is 5.74. The predicted molar refractivity (Wildman–Crippen MR) is 71.6 cm³/mol. The molecule has 0 amide bonds. The van der Waals surface area contributed by atoms with Gasteiger partial charge in [-0.15, -0.1) is 0 Å². The Morgan fingerprint density at radius 1 is 1.26 bits per heavy atom. The van der Waals surface area contributed by atoms with Crippen LogP contribution in [0.4, 0.5) is 0 Å². The van der Waals surface area contributed by atoms with Gasteiger partial charge in [0, 0.05) is 0 Å². The lowest BCUT2D eigenvalue weighted by atomic mass is 9.83. The first-order chi connectivity index (χ1) is 9.18. The number of ether oxygens (including phenoxy) is 2. The number of carboxylic acids is 1. The van der Waals surface area contributed by atoms with Crippen LogP contribution >= 0.6 is 0 Å².